The minimum atomic E-state index is -3.59. The summed E-state index contributed by atoms with van der Waals surface area (Å²) >= 11 is 0. The van der Waals surface area contributed by atoms with Crippen molar-refractivity contribution in [3.8, 4) is 5.75 Å². The Balaban J connectivity index is 1.78. The highest BCUT2D eigenvalue weighted by Gasteiger charge is 2.33. The van der Waals surface area contributed by atoms with Gasteiger partial charge in [-0.05, 0) is 37.6 Å². The second-order valence-electron chi connectivity index (χ2n) is 6.35. The Labute approximate surface area is 146 Å². The largest absolute Gasteiger partial charge is 0.497 e. The second-order valence-corrected chi connectivity index (χ2v) is 8.22. The van der Waals surface area contributed by atoms with E-state index in [0.29, 0.717) is 30.9 Å². The lowest BCUT2D eigenvalue weighted by atomic mass is 10.1. The average molecular weight is 360 g/mol. The maximum absolute atomic E-state index is 13.1. The van der Waals surface area contributed by atoms with Crippen LogP contribution < -0.4 is 4.74 Å². The predicted octanol–water partition coefficient (Wildman–Crippen LogP) is 2.26. The lowest BCUT2D eigenvalue weighted by Crippen LogP contribution is -2.36. The molecular formula is C17H20N4O3S. The van der Waals surface area contributed by atoms with Crippen LogP contribution in [0, 0.1) is 13.8 Å². The zero-order valence-corrected chi connectivity index (χ0v) is 15.2. The maximum atomic E-state index is 13.1. The third-order valence-electron chi connectivity index (χ3n) is 4.81. The summed E-state index contributed by atoms with van der Waals surface area (Å²) in [6.07, 6.45) is 0.654. The summed E-state index contributed by atoms with van der Waals surface area (Å²) < 4.78 is 33.1. The highest BCUT2D eigenvalue weighted by molar-refractivity contribution is 7.89. The fourth-order valence-corrected chi connectivity index (χ4v) is 5.29. The molecule has 0 fully saturated rings. The standard InChI is InChI=1S/C17H20N4O3S/c1-10-17(11(2)20-19-10)25(22,23)21-7-6-16-14(9-21)13-8-12(24-3)4-5-15(13)18-16/h4-5,8,18H,6-7,9H2,1-3H3,(H,19,20). The van der Waals surface area contributed by atoms with Crippen molar-refractivity contribution < 1.29 is 13.2 Å². The van der Waals surface area contributed by atoms with E-state index in [9.17, 15) is 8.42 Å². The van der Waals surface area contributed by atoms with Gasteiger partial charge in [0.2, 0.25) is 10.0 Å². The lowest BCUT2D eigenvalue weighted by Gasteiger charge is -2.26. The van der Waals surface area contributed by atoms with E-state index in [1.165, 1.54) is 4.31 Å². The van der Waals surface area contributed by atoms with Crippen LogP contribution in [-0.2, 0) is 23.0 Å². The summed E-state index contributed by atoms with van der Waals surface area (Å²) in [6.45, 7) is 4.24. The zero-order valence-electron chi connectivity index (χ0n) is 14.4. The first-order chi connectivity index (χ1) is 11.9. The number of fused-ring (bicyclic) bond motifs is 3. The Bertz CT molecular complexity index is 1050. The number of hydrogen-bond acceptors (Lipinski definition) is 4. The van der Waals surface area contributed by atoms with E-state index < -0.39 is 10.0 Å². The van der Waals surface area contributed by atoms with Gasteiger partial charge in [0.15, 0.2) is 0 Å². The molecule has 0 aliphatic carbocycles. The van der Waals surface area contributed by atoms with Crippen LogP contribution in [0.1, 0.15) is 22.6 Å². The summed E-state index contributed by atoms with van der Waals surface area (Å²) in [6, 6.07) is 5.82. The fourth-order valence-electron chi connectivity index (χ4n) is 3.55. The molecule has 1 aromatic carbocycles. The molecule has 0 spiro atoms. The van der Waals surface area contributed by atoms with Gasteiger partial charge < -0.3 is 9.72 Å². The molecule has 2 N–H and O–H groups in total. The second kappa shape index (κ2) is 5.60. The number of rotatable bonds is 3. The van der Waals surface area contributed by atoms with E-state index in [1.807, 2.05) is 18.2 Å². The number of aromatic amines is 2. The molecule has 1 aliphatic rings. The van der Waals surface area contributed by atoms with Crippen LogP contribution in [0.25, 0.3) is 10.9 Å². The van der Waals surface area contributed by atoms with Crippen LogP contribution in [0.5, 0.6) is 5.75 Å². The molecule has 3 aromatic rings. The molecule has 3 heterocycles. The molecule has 0 radical (unpaired) electrons. The number of benzene rings is 1. The Morgan fingerprint density at radius 1 is 1.28 bits per heavy atom. The van der Waals surface area contributed by atoms with E-state index in [1.54, 1.807) is 21.0 Å². The molecule has 132 valence electrons. The average Bonchev–Trinajstić information content (AvgIpc) is 3.13. The number of nitrogens with one attached hydrogen (secondary N) is 2. The van der Waals surface area contributed by atoms with Crippen LogP contribution in [0.2, 0.25) is 0 Å². The third-order valence-corrected chi connectivity index (χ3v) is 6.91. The molecule has 8 heteroatoms. The van der Waals surface area contributed by atoms with Gasteiger partial charge in [-0.3, -0.25) is 5.10 Å². The Morgan fingerprint density at radius 2 is 2.08 bits per heavy atom. The Hall–Kier alpha value is -2.32. The molecule has 0 unspecified atom stereocenters. The van der Waals surface area contributed by atoms with Crippen LogP contribution in [0.3, 0.4) is 0 Å². The van der Waals surface area contributed by atoms with Gasteiger partial charge in [-0.2, -0.15) is 9.40 Å². The molecule has 1 aliphatic heterocycles. The Kier molecular flexibility index (Phi) is 3.62. The summed E-state index contributed by atoms with van der Waals surface area (Å²) in [5.74, 6) is 0.760. The van der Waals surface area contributed by atoms with Crippen molar-refractivity contribution in [3.63, 3.8) is 0 Å². The van der Waals surface area contributed by atoms with Crippen molar-refractivity contribution in [1.82, 2.24) is 19.5 Å². The highest BCUT2D eigenvalue weighted by atomic mass is 32.2. The molecule has 7 nitrogen and oxygen atoms in total. The number of hydrogen-bond donors (Lipinski definition) is 2. The molecule has 0 saturated heterocycles. The van der Waals surface area contributed by atoms with Gasteiger partial charge in [0.1, 0.15) is 10.6 Å². The van der Waals surface area contributed by atoms with Gasteiger partial charge in [-0.25, -0.2) is 8.42 Å². The molecule has 2 aromatic heterocycles. The first-order valence-electron chi connectivity index (χ1n) is 8.11. The molecule has 4 rings (SSSR count). The number of sulfonamides is 1. The van der Waals surface area contributed by atoms with Gasteiger partial charge in [-0.15, -0.1) is 0 Å². The SMILES string of the molecule is COc1ccc2[nH]c3c(c2c1)CN(S(=O)(=O)c1c(C)n[nH]c1C)CC3. The van der Waals surface area contributed by atoms with Crippen molar-refractivity contribution in [1.29, 1.82) is 0 Å². The van der Waals surface area contributed by atoms with E-state index in [4.69, 9.17) is 4.74 Å². The molecule has 0 amide bonds. The zero-order chi connectivity index (χ0) is 17.8. The van der Waals surface area contributed by atoms with E-state index in [0.717, 1.165) is 27.9 Å². The number of H-pyrrole nitrogens is 2. The topological polar surface area (TPSA) is 91.1 Å². The minimum Gasteiger partial charge on any atom is -0.497 e. The maximum Gasteiger partial charge on any atom is 0.247 e. The quantitative estimate of drug-likeness (QED) is 0.749. The van der Waals surface area contributed by atoms with Crippen molar-refractivity contribution in [2.24, 2.45) is 0 Å². The molecule has 0 atom stereocenters. The molecular weight excluding hydrogens is 340 g/mol. The monoisotopic (exact) mass is 360 g/mol. The third kappa shape index (κ3) is 2.44. The normalized spacial score (nSPS) is 15.5. The van der Waals surface area contributed by atoms with Crippen LogP contribution >= 0.6 is 0 Å². The Morgan fingerprint density at radius 3 is 2.76 bits per heavy atom. The number of ether oxygens (including phenoxy) is 1. The summed E-state index contributed by atoms with van der Waals surface area (Å²) in [5.41, 5.74) is 4.19. The van der Waals surface area contributed by atoms with Crippen molar-refractivity contribution in [2.45, 2.75) is 31.7 Å². The highest BCUT2D eigenvalue weighted by Crippen LogP contribution is 2.33. The van der Waals surface area contributed by atoms with Gasteiger partial charge in [0.25, 0.3) is 0 Å². The van der Waals surface area contributed by atoms with E-state index in [2.05, 4.69) is 15.2 Å². The lowest BCUT2D eigenvalue weighted by molar-refractivity contribution is 0.390. The van der Waals surface area contributed by atoms with Gasteiger partial charge in [0.05, 0.1) is 18.5 Å². The number of aromatic nitrogens is 3. The van der Waals surface area contributed by atoms with Gasteiger partial charge in [0, 0.05) is 36.1 Å². The smallest absolute Gasteiger partial charge is 0.247 e. The molecule has 0 saturated carbocycles. The van der Waals surface area contributed by atoms with Gasteiger partial charge in [-0.1, -0.05) is 0 Å². The van der Waals surface area contributed by atoms with Crippen molar-refractivity contribution >= 4 is 20.9 Å². The molecule has 0 bridgehead atoms. The van der Waals surface area contributed by atoms with E-state index >= 15 is 0 Å². The van der Waals surface area contributed by atoms with Crippen molar-refractivity contribution in [3.05, 3.63) is 40.8 Å². The first kappa shape index (κ1) is 16.2. The fraction of sp³-hybridized carbons (Fsp3) is 0.353. The number of methoxy groups -OCH3 is 1. The predicted molar refractivity (Wildman–Crippen MR) is 94.2 cm³/mol. The van der Waals surface area contributed by atoms with Crippen LogP contribution in [0.15, 0.2) is 23.1 Å². The van der Waals surface area contributed by atoms with Crippen molar-refractivity contribution in [2.75, 3.05) is 13.7 Å². The van der Waals surface area contributed by atoms with Gasteiger partial charge >= 0.3 is 0 Å². The number of nitrogens with zero attached hydrogens (tertiary/aromatic N) is 2. The summed E-state index contributed by atoms with van der Waals surface area (Å²) in [4.78, 5) is 3.69. The van der Waals surface area contributed by atoms with Crippen LogP contribution in [0.4, 0.5) is 0 Å². The number of aryl methyl sites for hydroxylation is 2. The summed E-state index contributed by atoms with van der Waals surface area (Å²) in [7, 11) is -1.96. The minimum absolute atomic E-state index is 0.286. The first-order valence-corrected chi connectivity index (χ1v) is 9.55. The van der Waals surface area contributed by atoms with Crippen LogP contribution in [-0.4, -0.2) is 41.6 Å². The summed E-state index contributed by atoms with van der Waals surface area (Å²) in [5, 5.41) is 7.80. The van der Waals surface area contributed by atoms with E-state index in [-0.39, 0.29) is 4.90 Å². The molecule has 25 heavy (non-hydrogen) atoms.